The van der Waals surface area contributed by atoms with Crippen molar-refractivity contribution in [2.75, 3.05) is 11.9 Å². The van der Waals surface area contributed by atoms with Crippen LogP contribution in [-0.4, -0.2) is 22.1 Å². The predicted molar refractivity (Wildman–Crippen MR) is 86.1 cm³/mol. The summed E-state index contributed by atoms with van der Waals surface area (Å²) in [6, 6.07) is 8.76. The third-order valence-electron chi connectivity index (χ3n) is 3.25. The van der Waals surface area contributed by atoms with Gasteiger partial charge in [-0.1, -0.05) is 24.6 Å². The summed E-state index contributed by atoms with van der Waals surface area (Å²) in [5, 5.41) is 5.45. The Bertz CT molecular complexity index is 692. The van der Waals surface area contributed by atoms with Crippen LogP contribution in [0.4, 0.5) is 10.5 Å². The standard InChI is InChI=1S/C16H20N4O2/c1-3-13-10-15(21)20(11-18-13)9-8-17-16(22)19-14-6-4-12(2)5-7-14/h4-7,10-11H,3,8-9H2,1-2H3,(H2,17,19,22). The molecule has 0 aliphatic rings. The minimum absolute atomic E-state index is 0.104. The summed E-state index contributed by atoms with van der Waals surface area (Å²) < 4.78 is 1.48. The number of nitrogens with one attached hydrogen (secondary N) is 2. The van der Waals surface area contributed by atoms with Gasteiger partial charge < -0.3 is 10.6 Å². The maximum Gasteiger partial charge on any atom is 0.319 e. The molecule has 6 nitrogen and oxygen atoms in total. The molecule has 0 atom stereocenters. The zero-order chi connectivity index (χ0) is 15.9. The number of aromatic nitrogens is 2. The fourth-order valence-corrected chi connectivity index (χ4v) is 1.93. The Balaban J connectivity index is 1.82. The van der Waals surface area contributed by atoms with Crippen molar-refractivity contribution in [3.63, 3.8) is 0 Å². The molecule has 2 aromatic rings. The van der Waals surface area contributed by atoms with Gasteiger partial charge >= 0.3 is 6.03 Å². The largest absolute Gasteiger partial charge is 0.336 e. The molecule has 2 rings (SSSR count). The minimum atomic E-state index is -0.296. The molecule has 0 aliphatic carbocycles. The lowest BCUT2D eigenvalue weighted by Crippen LogP contribution is -2.33. The van der Waals surface area contributed by atoms with Crippen molar-refractivity contribution in [1.29, 1.82) is 0 Å². The Morgan fingerprint density at radius 2 is 2.00 bits per heavy atom. The van der Waals surface area contributed by atoms with Crippen LogP contribution in [0, 0.1) is 6.92 Å². The van der Waals surface area contributed by atoms with Gasteiger partial charge in [0.15, 0.2) is 0 Å². The summed E-state index contributed by atoms with van der Waals surface area (Å²) in [5.41, 5.74) is 2.53. The molecule has 1 aromatic heterocycles. The molecule has 0 aliphatic heterocycles. The molecule has 116 valence electrons. The number of nitrogens with zero attached hydrogens (tertiary/aromatic N) is 2. The molecule has 0 saturated heterocycles. The summed E-state index contributed by atoms with van der Waals surface area (Å²) in [5.74, 6) is 0. The molecule has 0 spiro atoms. The van der Waals surface area contributed by atoms with Gasteiger partial charge in [-0.25, -0.2) is 9.78 Å². The van der Waals surface area contributed by atoms with Crippen LogP contribution in [0.3, 0.4) is 0 Å². The van der Waals surface area contributed by atoms with E-state index in [9.17, 15) is 9.59 Å². The van der Waals surface area contributed by atoms with Gasteiger partial charge in [0.05, 0.1) is 6.33 Å². The normalized spacial score (nSPS) is 10.3. The van der Waals surface area contributed by atoms with Crippen LogP contribution < -0.4 is 16.2 Å². The molecule has 0 unspecified atom stereocenters. The number of aryl methyl sites for hydroxylation is 2. The molecule has 0 saturated carbocycles. The van der Waals surface area contributed by atoms with Crippen molar-refractivity contribution in [3.05, 3.63) is 58.3 Å². The van der Waals surface area contributed by atoms with Crippen LogP contribution in [0.1, 0.15) is 18.2 Å². The predicted octanol–water partition coefficient (Wildman–Crippen LogP) is 1.94. The van der Waals surface area contributed by atoms with Crippen molar-refractivity contribution < 1.29 is 4.79 Å². The third kappa shape index (κ3) is 4.44. The molecule has 0 radical (unpaired) electrons. The van der Waals surface area contributed by atoms with Crippen molar-refractivity contribution in [2.24, 2.45) is 0 Å². The highest BCUT2D eigenvalue weighted by Gasteiger charge is 2.02. The molecule has 1 heterocycles. The molecular formula is C16H20N4O2. The van der Waals surface area contributed by atoms with Crippen molar-refractivity contribution in [1.82, 2.24) is 14.9 Å². The second-order valence-corrected chi connectivity index (χ2v) is 5.01. The number of carbonyl (C=O) groups is 1. The number of rotatable bonds is 5. The monoisotopic (exact) mass is 300 g/mol. The summed E-state index contributed by atoms with van der Waals surface area (Å²) >= 11 is 0. The van der Waals surface area contributed by atoms with E-state index in [2.05, 4.69) is 15.6 Å². The Kier molecular flexibility index (Phi) is 5.30. The Hall–Kier alpha value is -2.63. The van der Waals surface area contributed by atoms with E-state index in [4.69, 9.17) is 0 Å². The fraction of sp³-hybridized carbons (Fsp3) is 0.312. The van der Waals surface area contributed by atoms with E-state index in [1.165, 1.54) is 17.0 Å². The highest BCUT2D eigenvalue weighted by molar-refractivity contribution is 5.89. The van der Waals surface area contributed by atoms with Crippen LogP contribution >= 0.6 is 0 Å². The number of anilines is 1. The number of hydrogen-bond donors (Lipinski definition) is 2. The first kappa shape index (κ1) is 15.8. The molecule has 22 heavy (non-hydrogen) atoms. The molecule has 0 fully saturated rings. The van der Waals surface area contributed by atoms with E-state index >= 15 is 0 Å². The first-order valence-electron chi connectivity index (χ1n) is 7.25. The Morgan fingerprint density at radius 1 is 1.27 bits per heavy atom. The zero-order valence-corrected chi connectivity index (χ0v) is 12.8. The lowest BCUT2D eigenvalue weighted by molar-refractivity contribution is 0.251. The smallest absolute Gasteiger partial charge is 0.319 e. The Morgan fingerprint density at radius 3 is 2.64 bits per heavy atom. The summed E-state index contributed by atoms with van der Waals surface area (Å²) in [4.78, 5) is 27.7. The second-order valence-electron chi connectivity index (χ2n) is 5.01. The summed E-state index contributed by atoms with van der Waals surface area (Å²) in [6.07, 6.45) is 2.24. The maximum atomic E-state index is 11.8. The van der Waals surface area contributed by atoms with Crippen molar-refractivity contribution >= 4 is 11.7 Å². The van der Waals surface area contributed by atoms with Crippen LogP contribution in [0.15, 0.2) is 41.5 Å². The van der Waals surface area contributed by atoms with Gasteiger partial charge in [-0.2, -0.15) is 0 Å². The lowest BCUT2D eigenvalue weighted by Gasteiger charge is -2.09. The van der Waals surface area contributed by atoms with Crippen molar-refractivity contribution in [3.8, 4) is 0 Å². The van der Waals surface area contributed by atoms with Crippen molar-refractivity contribution in [2.45, 2.75) is 26.8 Å². The lowest BCUT2D eigenvalue weighted by atomic mass is 10.2. The third-order valence-corrected chi connectivity index (χ3v) is 3.25. The quantitative estimate of drug-likeness (QED) is 0.886. The zero-order valence-electron chi connectivity index (χ0n) is 12.8. The van der Waals surface area contributed by atoms with E-state index in [-0.39, 0.29) is 11.6 Å². The minimum Gasteiger partial charge on any atom is -0.336 e. The maximum absolute atomic E-state index is 11.8. The topological polar surface area (TPSA) is 76.0 Å². The molecule has 1 aromatic carbocycles. The van der Waals surface area contributed by atoms with Gasteiger partial charge in [0, 0.05) is 30.5 Å². The average Bonchev–Trinajstić information content (AvgIpc) is 2.51. The van der Waals surface area contributed by atoms with Crippen LogP contribution in [-0.2, 0) is 13.0 Å². The number of hydrogen-bond acceptors (Lipinski definition) is 3. The Labute approximate surface area is 129 Å². The van der Waals surface area contributed by atoms with Crippen LogP contribution in [0.25, 0.3) is 0 Å². The number of urea groups is 1. The van der Waals surface area contributed by atoms with Crippen LogP contribution in [0.2, 0.25) is 0 Å². The van der Waals surface area contributed by atoms with Gasteiger partial charge in [0.2, 0.25) is 0 Å². The molecule has 0 bridgehead atoms. The highest BCUT2D eigenvalue weighted by atomic mass is 16.2. The molecule has 2 amide bonds. The molecule has 2 N–H and O–H groups in total. The van der Waals surface area contributed by atoms with E-state index in [1.807, 2.05) is 38.1 Å². The van der Waals surface area contributed by atoms with E-state index in [0.29, 0.717) is 13.1 Å². The van der Waals surface area contributed by atoms with E-state index in [0.717, 1.165) is 23.4 Å². The van der Waals surface area contributed by atoms with Gasteiger partial charge in [0.1, 0.15) is 0 Å². The van der Waals surface area contributed by atoms with E-state index in [1.54, 1.807) is 0 Å². The number of benzene rings is 1. The van der Waals surface area contributed by atoms with Crippen LogP contribution in [0.5, 0.6) is 0 Å². The molecular weight excluding hydrogens is 280 g/mol. The summed E-state index contributed by atoms with van der Waals surface area (Å²) in [7, 11) is 0. The SMILES string of the molecule is CCc1cc(=O)n(CCNC(=O)Nc2ccc(C)cc2)cn1. The van der Waals surface area contributed by atoms with Gasteiger partial charge in [-0.15, -0.1) is 0 Å². The van der Waals surface area contributed by atoms with Gasteiger partial charge in [-0.3, -0.25) is 9.36 Å². The summed E-state index contributed by atoms with van der Waals surface area (Å²) in [6.45, 7) is 4.67. The number of carbonyl (C=O) groups excluding carboxylic acids is 1. The first-order valence-corrected chi connectivity index (χ1v) is 7.25. The van der Waals surface area contributed by atoms with Gasteiger partial charge in [0.25, 0.3) is 5.56 Å². The fourth-order valence-electron chi connectivity index (χ4n) is 1.93. The number of amides is 2. The molecule has 6 heteroatoms. The highest BCUT2D eigenvalue weighted by Crippen LogP contribution is 2.07. The van der Waals surface area contributed by atoms with Gasteiger partial charge in [-0.05, 0) is 25.5 Å². The second kappa shape index (κ2) is 7.40. The average molecular weight is 300 g/mol. The van der Waals surface area contributed by atoms with E-state index < -0.39 is 0 Å². The first-order chi connectivity index (χ1) is 10.6.